The SMILES string of the molecule is N#C/C=C(/NC(=O)Nc1ccccc1)N1CCNCC1. The zero-order chi connectivity index (χ0) is 14.2. The maximum atomic E-state index is 11.9. The van der Waals surface area contributed by atoms with Crippen molar-refractivity contribution in [3.8, 4) is 6.07 Å². The Labute approximate surface area is 118 Å². The van der Waals surface area contributed by atoms with Gasteiger partial charge in [-0.2, -0.15) is 5.26 Å². The molecule has 1 heterocycles. The number of nitrogens with zero attached hydrogens (tertiary/aromatic N) is 2. The second-order valence-electron chi connectivity index (χ2n) is 4.34. The summed E-state index contributed by atoms with van der Waals surface area (Å²) in [4.78, 5) is 13.9. The lowest BCUT2D eigenvalue weighted by Gasteiger charge is -2.31. The van der Waals surface area contributed by atoms with Crippen molar-refractivity contribution < 1.29 is 4.79 Å². The van der Waals surface area contributed by atoms with Crippen LogP contribution in [0.3, 0.4) is 0 Å². The molecule has 3 N–H and O–H groups in total. The van der Waals surface area contributed by atoms with Crippen LogP contribution in [0.15, 0.2) is 42.2 Å². The second-order valence-corrected chi connectivity index (χ2v) is 4.34. The normalized spacial score (nSPS) is 15.3. The number of carbonyl (C=O) groups is 1. The standard InChI is InChI=1S/C14H17N5O/c15-7-6-13(19-10-8-16-9-11-19)18-14(20)17-12-4-2-1-3-5-12/h1-6,16H,8-11H2,(H2,17,18,20)/b13-6-. The highest BCUT2D eigenvalue weighted by atomic mass is 16.2. The molecule has 1 aromatic rings. The Morgan fingerprint density at radius 3 is 2.65 bits per heavy atom. The highest BCUT2D eigenvalue weighted by Crippen LogP contribution is 2.06. The first-order valence-electron chi connectivity index (χ1n) is 6.48. The van der Waals surface area contributed by atoms with E-state index in [0.717, 1.165) is 26.2 Å². The zero-order valence-electron chi connectivity index (χ0n) is 11.1. The number of hydrogen-bond acceptors (Lipinski definition) is 4. The van der Waals surface area contributed by atoms with E-state index in [1.165, 1.54) is 6.08 Å². The number of allylic oxidation sites excluding steroid dienone is 1. The number of urea groups is 1. The van der Waals surface area contributed by atoms with Crippen LogP contribution in [0.5, 0.6) is 0 Å². The van der Waals surface area contributed by atoms with Crippen LogP contribution in [0.25, 0.3) is 0 Å². The summed E-state index contributed by atoms with van der Waals surface area (Å²) in [5.74, 6) is 0.530. The van der Waals surface area contributed by atoms with Crippen LogP contribution in [0.1, 0.15) is 0 Å². The molecule has 0 radical (unpaired) electrons. The largest absolute Gasteiger partial charge is 0.355 e. The number of nitriles is 1. The minimum Gasteiger partial charge on any atom is -0.355 e. The highest BCUT2D eigenvalue weighted by molar-refractivity contribution is 5.90. The molecule has 0 unspecified atom stereocenters. The number of para-hydroxylation sites is 1. The summed E-state index contributed by atoms with van der Waals surface area (Å²) >= 11 is 0. The van der Waals surface area contributed by atoms with Crippen LogP contribution in [0.4, 0.5) is 10.5 Å². The first kappa shape index (κ1) is 13.9. The van der Waals surface area contributed by atoms with E-state index in [9.17, 15) is 4.79 Å². The minimum atomic E-state index is -0.351. The highest BCUT2D eigenvalue weighted by Gasteiger charge is 2.15. The molecule has 104 valence electrons. The Morgan fingerprint density at radius 1 is 1.30 bits per heavy atom. The molecular weight excluding hydrogens is 254 g/mol. The monoisotopic (exact) mass is 271 g/mol. The van der Waals surface area contributed by atoms with Gasteiger partial charge in [0.25, 0.3) is 0 Å². The van der Waals surface area contributed by atoms with Gasteiger partial charge in [0, 0.05) is 31.9 Å². The molecule has 0 bridgehead atoms. The summed E-state index contributed by atoms with van der Waals surface area (Å²) in [7, 11) is 0. The first-order valence-corrected chi connectivity index (χ1v) is 6.48. The van der Waals surface area contributed by atoms with E-state index in [2.05, 4.69) is 16.0 Å². The zero-order valence-corrected chi connectivity index (χ0v) is 11.1. The molecular formula is C14H17N5O. The van der Waals surface area contributed by atoms with Crippen LogP contribution in [-0.2, 0) is 0 Å². The quantitative estimate of drug-likeness (QED) is 0.719. The van der Waals surface area contributed by atoms with Gasteiger partial charge in [0.15, 0.2) is 0 Å². The Bertz CT molecular complexity index is 514. The van der Waals surface area contributed by atoms with Gasteiger partial charge >= 0.3 is 6.03 Å². The topological polar surface area (TPSA) is 80.2 Å². The fourth-order valence-corrected chi connectivity index (χ4v) is 1.97. The van der Waals surface area contributed by atoms with Crippen molar-refractivity contribution >= 4 is 11.7 Å². The number of nitrogens with one attached hydrogen (secondary N) is 3. The van der Waals surface area contributed by atoms with Crippen LogP contribution in [0.2, 0.25) is 0 Å². The molecule has 1 saturated heterocycles. The van der Waals surface area contributed by atoms with E-state index in [1.54, 1.807) is 12.1 Å². The molecule has 1 aliphatic rings. The van der Waals surface area contributed by atoms with Crippen LogP contribution >= 0.6 is 0 Å². The average molecular weight is 271 g/mol. The summed E-state index contributed by atoms with van der Waals surface area (Å²) in [5.41, 5.74) is 0.710. The van der Waals surface area contributed by atoms with Gasteiger partial charge in [0.2, 0.25) is 0 Å². The van der Waals surface area contributed by atoms with Crippen molar-refractivity contribution in [1.82, 2.24) is 15.5 Å². The van der Waals surface area contributed by atoms with E-state index in [-0.39, 0.29) is 6.03 Å². The molecule has 0 atom stereocenters. The molecule has 1 aliphatic heterocycles. The van der Waals surface area contributed by atoms with E-state index in [1.807, 2.05) is 29.2 Å². The molecule has 1 aromatic carbocycles. The Hall–Kier alpha value is -2.52. The fourth-order valence-electron chi connectivity index (χ4n) is 1.97. The molecule has 1 fully saturated rings. The Balaban J connectivity index is 1.96. The number of carbonyl (C=O) groups excluding carboxylic acids is 1. The average Bonchev–Trinajstić information content (AvgIpc) is 2.49. The first-order chi connectivity index (χ1) is 9.79. The molecule has 0 spiro atoms. The summed E-state index contributed by atoms with van der Waals surface area (Å²) in [6, 6.07) is 10.8. The van der Waals surface area contributed by atoms with Crippen LogP contribution in [0, 0.1) is 11.3 Å². The number of amides is 2. The fraction of sp³-hybridized carbons (Fsp3) is 0.286. The molecule has 2 rings (SSSR count). The van der Waals surface area contributed by atoms with Gasteiger partial charge < -0.3 is 15.5 Å². The summed E-state index contributed by atoms with van der Waals surface area (Å²) in [6.07, 6.45) is 1.36. The molecule has 0 aromatic heterocycles. The molecule has 0 saturated carbocycles. The van der Waals surface area contributed by atoms with Crippen molar-refractivity contribution in [1.29, 1.82) is 5.26 Å². The number of anilines is 1. The second kappa shape index (κ2) is 7.16. The van der Waals surface area contributed by atoms with Crippen molar-refractivity contribution in [3.63, 3.8) is 0 Å². The summed E-state index contributed by atoms with van der Waals surface area (Å²) in [6.45, 7) is 3.20. The van der Waals surface area contributed by atoms with Gasteiger partial charge in [-0.25, -0.2) is 4.79 Å². The smallest absolute Gasteiger partial charge is 0.324 e. The third-order valence-electron chi connectivity index (χ3n) is 2.93. The van der Waals surface area contributed by atoms with Gasteiger partial charge in [0.1, 0.15) is 5.82 Å². The maximum absolute atomic E-state index is 11.9. The molecule has 20 heavy (non-hydrogen) atoms. The van der Waals surface area contributed by atoms with Crippen LogP contribution < -0.4 is 16.0 Å². The van der Waals surface area contributed by atoms with Crippen molar-refractivity contribution in [2.75, 3.05) is 31.5 Å². The summed E-state index contributed by atoms with van der Waals surface area (Å²) < 4.78 is 0. The number of benzene rings is 1. The predicted octanol–water partition coefficient (Wildman–Crippen LogP) is 1.08. The van der Waals surface area contributed by atoms with Crippen molar-refractivity contribution in [2.24, 2.45) is 0 Å². The Kier molecular flexibility index (Phi) is 4.98. The maximum Gasteiger partial charge on any atom is 0.324 e. The Morgan fingerprint density at radius 2 is 2.00 bits per heavy atom. The molecule has 0 aliphatic carbocycles. The molecule has 6 nitrogen and oxygen atoms in total. The van der Waals surface area contributed by atoms with Gasteiger partial charge in [-0.3, -0.25) is 5.32 Å². The lowest BCUT2D eigenvalue weighted by Crippen LogP contribution is -2.47. The predicted molar refractivity (Wildman–Crippen MR) is 76.7 cm³/mol. The molecule has 6 heteroatoms. The van der Waals surface area contributed by atoms with Gasteiger partial charge in [-0.05, 0) is 12.1 Å². The van der Waals surface area contributed by atoms with Gasteiger partial charge in [-0.1, -0.05) is 18.2 Å². The van der Waals surface area contributed by atoms with Crippen molar-refractivity contribution in [2.45, 2.75) is 0 Å². The number of rotatable bonds is 3. The summed E-state index contributed by atoms with van der Waals surface area (Å²) in [5, 5.41) is 17.5. The lowest BCUT2D eigenvalue weighted by molar-refractivity contribution is 0.243. The third kappa shape index (κ3) is 4.00. The third-order valence-corrected chi connectivity index (χ3v) is 2.93. The van der Waals surface area contributed by atoms with E-state index < -0.39 is 0 Å². The number of hydrogen-bond donors (Lipinski definition) is 3. The van der Waals surface area contributed by atoms with E-state index in [4.69, 9.17) is 5.26 Å². The van der Waals surface area contributed by atoms with Gasteiger partial charge in [0.05, 0.1) is 12.1 Å². The minimum absolute atomic E-state index is 0.351. The molecule has 2 amide bonds. The van der Waals surface area contributed by atoms with E-state index >= 15 is 0 Å². The lowest BCUT2D eigenvalue weighted by atomic mass is 10.3. The van der Waals surface area contributed by atoms with Crippen LogP contribution in [-0.4, -0.2) is 37.1 Å². The van der Waals surface area contributed by atoms with Crippen molar-refractivity contribution in [3.05, 3.63) is 42.2 Å². The number of piperazine rings is 1. The van der Waals surface area contributed by atoms with Gasteiger partial charge in [-0.15, -0.1) is 0 Å². The van der Waals surface area contributed by atoms with E-state index in [0.29, 0.717) is 11.5 Å².